The molecule has 0 aromatic carbocycles. The van der Waals surface area contributed by atoms with E-state index in [1.807, 2.05) is 0 Å². The predicted molar refractivity (Wildman–Crippen MR) is 27.0 cm³/mol. The van der Waals surface area contributed by atoms with Gasteiger partial charge in [-0.1, -0.05) is 0 Å². The molecule has 0 unspecified atom stereocenters. The van der Waals surface area contributed by atoms with E-state index in [-0.39, 0.29) is 21.7 Å². The van der Waals surface area contributed by atoms with Crippen molar-refractivity contribution in [2.45, 2.75) is 0 Å². The molecular formula is C4H4O4Ti. The minimum absolute atomic E-state index is 0. The van der Waals surface area contributed by atoms with Crippen molar-refractivity contribution in [3.63, 3.8) is 0 Å². The molecule has 0 saturated heterocycles. The van der Waals surface area contributed by atoms with Gasteiger partial charge >= 0.3 is 21.7 Å². The van der Waals surface area contributed by atoms with E-state index >= 15 is 0 Å². The van der Waals surface area contributed by atoms with E-state index in [1.54, 1.807) is 0 Å². The summed E-state index contributed by atoms with van der Waals surface area (Å²) in [5, 5.41) is 0. The van der Waals surface area contributed by atoms with Crippen LogP contribution in [0.4, 0.5) is 0 Å². The van der Waals surface area contributed by atoms with Crippen molar-refractivity contribution in [2.24, 2.45) is 0 Å². The third-order valence-electron chi connectivity index (χ3n) is 0. The zero-order valence-electron chi connectivity index (χ0n) is 4.44. The van der Waals surface area contributed by atoms with Crippen molar-refractivity contribution in [3.05, 3.63) is 0 Å². The molecule has 0 bridgehead atoms. The van der Waals surface area contributed by atoms with Crippen LogP contribution in [0.15, 0.2) is 0 Å². The summed E-state index contributed by atoms with van der Waals surface area (Å²) in [4.78, 5) is 31.0. The Morgan fingerprint density at radius 1 is 0.444 bits per heavy atom. The van der Waals surface area contributed by atoms with Gasteiger partial charge in [0.25, 0.3) is 0 Å². The van der Waals surface area contributed by atoms with Crippen LogP contribution in [0.5, 0.6) is 0 Å². The van der Waals surface area contributed by atoms with E-state index in [4.69, 9.17) is 19.2 Å². The smallest absolute Gasteiger partial charge is 0.545 e. The summed E-state index contributed by atoms with van der Waals surface area (Å²) in [6.07, 6.45) is 0. The Morgan fingerprint density at radius 3 is 0.444 bits per heavy atom. The molecular weight excluding hydrogens is 160 g/mol. The van der Waals surface area contributed by atoms with Gasteiger partial charge in [-0.05, 0) is 0 Å². The maximum Gasteiger partial charge on any atom is 4.00 e. The largest absolute Gasteiger partial charge is 4.00 e. The first-order chi connectivity index (χ1) is 4.00. The second kappa shape index (κ2) is 824. The van der Waals surface area contributed by atoms with Crippen LogP contribution in [0.3, 0.4) is 0 Å². The standard InChI is InChI=1S/4CHO.Ti/c4*1-2;/h4*1H;/q4*-1;+4. The maximum atomic E-state index is 7.75. The van der Waals surface area contributed by atoms with Crippen LogP contribution in [-0.2, 0) is 40.9 Å². The van der Waals surface area contributed by atoms with Gasteiger partial charge < -0.3 is 19.2 Å². The molecule has 0 aliphatic rings. The van der Waals surface area contributed by atoms with Crippen molar-refractivity contribution in [2.75, 3.05) is 0 Å². The fraction of sp³-hybridized carbons (Fsp3) is 0. The molecule has 0 rings (SSSR count). The minimum atomic E-state index is 0. The van der Waals surface area contributed by atoms with Crippen molar-refractivity contribution in [3.8, 4) is 0 Å². The first-order valence-electron chi connectivity index (χ1n) is 0.943. The number of hydrogen-bond acceptors (Lipinski definition) is 4. The van der Waals surface area contributed by atoms with E-state index in [0.717, 1.165) is 0 Å². The van der Waals surface area contributed by atoms with Crippen LogP contribution in [0.25, 0.3) is 0 Å². The van der Waals surface area contributed by atoms with E-state index in [9.17, 15) is 0 Å². The van der Waals surface area contributed by atoms with Crippen LogP contribution < -0.4 is 0 Å². The Bertz CT molecular complexity index is 20.5. The van der Waals surface area contributed by atoms with Crippen LogP contribution in [0, 0.1) is 0 Å². The van der Waals surface area contributed by atoms with Crippen LogP contribution in [0.2, 0.25) is 0 Å². The van der Waals surface area contributed by atoms with E-state index < -0.39 is 0 Å². The molecule has 0 amide bonds. The molecule has 0 atom stereocenters. The van der Waals surface area contributed by atoms with Crippen molar-refractivity contribution in [1.29, 1.82) is 0 Å². The molecule has 0 fully saturated rings. The molecule has 0 N–H and O–H groups in total. The first-order valence-corrected chi connectivity index (χ1v) is 0.943. The molecule has 0 aliphatic heterocycles. The number of hydrogen-bond donors (Lipinski definition) is 0. The van der Waals surface area contributed by atoms with Crippen molar-refractivity contribution >= 4 is 27.2 Å². The molecule has 4 nitrogen and oxygen atoms in total. The minimum Gasteiger partial charge on any atom is -0.545 e. The summed E-state index contributed by atoms with van der Waals surface area (Å²) in [6.45, 7) is 13.0. The van der Waals surface area contributed by atoms with Gasteiger partial charge in [0, 0.05) is 0 Å². The van der Waals surface area contributed by atoms with Gasteiger partial charge in [0.2, 0.25) is 0 Å². The maximum absolute atomic E-state index is 7.75. The molecule has 0 radical (unpaired) electrons. The second-order valence-electron chi connectivity index (χ2n) is 0. The summed E-state index contributed by atoms with van der Waals surface area (Å²) >= 11 is 0. The Morgan fingerprint density at radius 2 is 0.444 bits per heavy atom. The molecule has 0 saturated carbocycles. The Balaban J connectivity index is -0.00000000762. The Kier molecular flexibility index (Phi) is 3650. The number of carbonyl (C=O) groups excluding carboxylic acids is 4. The van der Waals surface area contributed by atoms with Gasteiger partial charge in [0.15, 0.2) is 0 Å². The third-order valence-corrected chi connectivity index (χ3v) is 0. The van der Waals surface area contributed by atoms with E-state index in [1.165, 1.54) is 0 Å². The fourth-order valence-electron chi connectivity index (χ4n) is 0. The molecule has 0 aromatic rings. The number of rotatable bonds is 0. The van der Waals surface area contributed by atoms with Gasteiger partial charge in [-0.2, -0.15) is 0 Å². The van der Waals surface area contributed by atoms with E-state index in [0.29, 0.717) is 0 Å². The van der Waals surface area contributed by atoms with Crippen molar-refractivity contribution < 1.29 is 40.9 Å². The summed E-state index contributed by atoms with van der Waals surface area (Å²) in [5.41, 5.74) is 0. The first kappa shape index (κ1) is 39.8. The summed E-state index contributed by atoms with van der Waals surface area (Å²) in [6, 6.07) is 0. The molecule has 0 aliphatic carbocycles. The van der Waals surface area contributed by atoms with Gasteiger partial charge in [0.1, 0.15) is 0 Å². The normalized spacial score (nSPS) is 1.78. The summed E-state index contributed by atoms with van der Waals surface area (Å²) < 4.78 is 0. The topological polar surface area (TPSA) is 68.3 Å². The summed E-state index contributed by atoms with van der Waals surface area (Å²) in [7, 11) is 0. The van der Waals surface area contributed by atoms with Gasteiger partial charge in [-0.25, -0.2) is 0 Å². The van der Waals surface area contributed by atoms with Crippen LogP contribution in [0.1, 0.15) is 0 Å². The molecule has 0 spiro atoms. The zero-order valence-corrected chi connectivity index (χ0v) is 6.00. The Labute approximate surface area is 68.5 Å². The third kappa shape index (κ3) is 586. The molecule has 48 valence electrons. The molecule has 0 aromatic heterocycles. The SMILES string of the molecule is [CH-]=O.[CH-]=O.[CH-]=O.[CH-]=O.[Ti+4]. The zero-order chi connectivity index (χ0) is 8.00. The average molecular weight is 164 g/mol. The van der Waals surface area contributed by atoms with Crippen LogP contribution in [-0.4, -0.2) is 27.2 Å². The summed E-state index contributed by atoms with van der Waals surface area (Å²) in [5.74, 6) is 0. The fourth-order valence-corrected chi connectivity index (χ4v) is 0. The monoisotopic (exact) mass is 164 g/mol. The van der Waals surface area contributed by atoms with Crippen molar-refractivity contribution in [1.82, 2.24) is 0 Å². The van der Waals surface area contributed by atoms with E-state index in [2.05, 4.69) is 27.2 Å². The average Bonchev–Trinajstić information content (AvgIpc) is 2.03. The van der Waals surface area contributed by atoms with Crippen LogP contribution >= 0.6 is 0 Å². The van der Waals surface area contributed by atoms with Gasteiger partial charge in [-0.3, -0.25) is 27.2 Å². The second-order valence-corrected chi connectivity index (χ2v) is 0. The molecule has 5 heteroatoms. The molecule has 9 heavy (non-hydrogen) atoms. The van der Waals surface area contributed by atoms with Gasteiger partial charge in [0.05, 0.1) is 0 Å². The predicted octanol–water partition coefficient (Wildman–Crippen LogP) is -1.10. The Hall–Kier alpha value is -0.606. The quantitative estimate of drug-likeness (QED) is 0.259. The molecule has 0 heterocycles. The van der Waals surface area contributed by atoms with Gasteiger partial charge in [-0.15, -0.1) is 0 Å².